The van der Waals surface area contributed by atoms with E-state index in [4.69, 9.17) is 39.1 Å². The lowest BCUT2D eigenvalue weighted by Crippen LogP contribution is -2.12. The Morgan fingerprint density at radius 3 is 2.53 bits per heavy atom. The molecule has 0 amide bonds. The highest BCUT2D eigenvalue weighted by molar-refractivity contribution is 9.10. The Bertz CT molecular complexity index is 647. The lowest BCUT2D eigenvalue weighted by atomic mass is 10.2. The largest absolute Gasteiger partial charge is 0.455 e. The summed E-state index contributed by atoms with van der Waals surface area (Å²) in [7, 11) is 0. The van der Waals surface area contributed by atoms with Crippen LogP contribution in [0.1, 0.15) is 5.56 Å². The minimum Gasteiger partial charge on any atom is -0.455 e. The van der Waals surface area contributed by atoms with Crippen molar-refractivity contribution in [3.05, 3.63) is 56.5 Å². The van der Waals surface area contributed by atoms with Crippen molar-refractivity contribution in [1.82, 2.24) is 0 Å². The van der Waals surface area contributed by atoms with Crippen molar-refractivity contribution in [2.75, 3.05) is 0 Å². The average Bonchev–Trinajstić information content (AvgIpc) is 2.35. The molecule has 2 aromatic carbocycles. The Labute approximate surface area is 128 Å². The molecule has 0 aromatic heterocycles. The maximum atomic E-state index is 7.55. The molecule has 0 unspecified atom stereocenters. The molecule has 0 aliphatic carbocycles. The smallest absolute Gasteiger partial charge is 0.147 e. The highest BCUT2D eigenvalue weighted by atomic mass is 79.9. The van der Waals surface area contributed by atoms with Gasteiger partial charge in [0.25, 0.3) is 0 Å². The molecular formula is C13H9BrCl2N2O. The van der Waals surface area contributed by atoms with E-state index < -0.39 is 0 Å². The van der Waals surface area contributed by atoms with Crippen molar-refractivity contribution in [2.45, 2.75) is 0 Å². The van der Waals surface area contributed by atoms with Gasteiger partial charge in [-0.3, -0.25) is 5.41 Å². The molecule has 6 heteroatoms. The topological polar surface area (TPSA) is 59.1 Å². The summed E-state index contributed by atoms with van der Waals surface area (Å²) in [5, 5.41) is 8.50. The number of nitrogens with two attached hydrogens (primary N) is 1. The molecular weight excluding hydrogens is 351 g/mol. The lowest BCUT2D eigenvalue weighted by molar-refractivity contribution is 0.481. The van der Waals surface area contributed by atoms with Crippen LogP contribution in [0, 0.1) is 5.41 Å². The van der Waals surface area contributed by atoms with Crippen molar-refractivity contribution < 1.29 is 4.74 Å². The van der Waals surface area contributed by atoms with E-state index in [1.54, 1.807) is 36.4 Å². The van der Waals surface area contributed by atoms with Gasteiger partial charge < -0.3 is 10.5 Å². The van der Waals surface area contributed by atoms with Crippen LogP contribution in [0.5, 0.6) is 11.5 Å². The molecule has 3 nitrogen and oxygen atoms in total. The van der Waals surface area contributed by atoms with Gasteiger partial charge in [-0.1, -0.05) is 39.1 Å². The number of hydrogen-bond acceptors (Lipinski definition) is 2. The average molecular weight is 360 g/mol. The van der Waals surface area contributed by atoms with Crippen molar-refractivity contribution in [3.8, 4) is 11.5 Å². The number of ether oxygens (including phenoxy) is 1. The molecule has 19 heavy (non-hydrogen) atoms. The maximum Gasteiger partial charge on any atom is 0.147 e. The van der Waals surface area contributed by atoms with E-state index in [-0.39, 0.29) is 5.84 Å². The third kappa shape index (κ3) is 3.41. The number of amidine groups is 1. The molecule has 2 rings (SSSR count). The van der Waals surface area contributed by atoms with Gasteiger partial charge in [0.05, 0.1) is 10.6 Å². The molecule has 0 bridgehead atoms. The second-order valence-corrected chi connectivity index (χ2v) is 5.49. The normalized spacial score (nSPS) is 10.3. The van der Waals surface area contributed by atoms with E-state index in [1.807, 2.05) is 0 Å². The zero-order valence-corrected chi connectivity index (χ0v) is 12.7. The van der Waals surface area contributed by atoms with Gasteiger partial charge in [-0.15, -0.1) is 0 Å². The predicted molar refractivity (Wildman–Crippen MR) is 81.7 cm³/mol. The minimum absolute atomic E-state index is 0.0885. The minimum atomic E-state index is -0.0885. The molecule has 0 saturated carbocycles. The second kappa shape index (κ2) is 5.82. The van der Waals surface area contributed by atoms with E-state index in [0.717, 1.165) is 4.47 Å². The number of halogens is 3. The Morgan fingerprint density at radius 1 is 1.11 bits per heavy atom. The van der Waals surface area contributed by atoms with Crippen molar-refractivity contribution in [1.29, 1.82) is 5.41 Å². The Morgan fingerprint density at radius 2 is 1.84 bits per heavy atom. The quantitative estimate of drug-likeness (QED) is 0.608. The molecule has 0 aliphatic heterocycles. The first kappa shape index (κ1) is 14.2. The number of nitrogen functional groups attached to an aromatic ring is 1. The fraction of sp³-hybridized carbons (Fsp3) is 0. The summed E-state index contributed by atoms with van der Waals surface area (Å²) >= 11 is 15.3. The zero-order valence-electron chi connectivity index (χ0n) is 9.58. The SMILES string of the molecule is N=C(N)c1cc(Br)ccc1Oc1cc(Cl)ccc1Cl. The van der Waals surface area contributed by atoms with Gasteiger partial charge in [0.15, 0.2) is 0 Å². The summed E-state index contributed by atoms with van der Waals surface area (Å²) in [5.41, 5.74) is 6.01. The molecule has 0 atom stereocenters. The van der Waals surface area contributed by atoms with Crippen molar-refractivity contribution in [2.24, 2.45) is 5.73 Å². The number of hydrogen-bond donors (Lipinski definition) is 2. The summed E-state index contributed by atoms with van der Waals surface area (Å²) in [6.07, 6.45) is 0. The Kier molecular flexibility index (Phi) is 4.34. The van der Waals surface area contributed by atoms with E-state index in [1.165, 1.54) is 0 Å². The summed E-state index contributed by atoms with van der Waals surface area (Å²) in [4.78, 5) is 0. The summed E-state index contributed by atoms with van der Waals surface area (Å²) in [6.45, 7) is 0. The lowest BCUT2D eigenvalue weighted by Gasteiger charge is -2.12. The summed E-state index contributed by atoms with van der Waals surface area (Å²) < 4.78 is 6.49. The standard InChI is InChI=1S/C13H9BrCl2N2O/c14-7-1-4-11(9(5-7)13(17)18)19-12-6-8(15)2-3-10(12)16/h1-6H,(H3,17,18). The van der Waals surface area contributed by atoms with Crippen LogP contribution < -0.4 is 10.5 Å². The zero-order chi connectivity index (χ0) is 14.0. The van der Waals surface area contributed by atoms with E-state index in [2.05, 4.69) is 15.9 Å². The van der Waals surface area contributed by atoms with Gasteiger partial charge in [0.2, 0.25) is 0 Å². The molecule has 0 aliphatic rings. The molecule has 0 fully saturated rings. The van der Waals surface area contributed by atoms with Gasteiger partial charge >= 0.3 is 0 Å². The molecule has 0 spiro atoms. The fourth-order valence-electron chi connectivity index (χ4n) is 1.48. The molecule has 2 aromatic rings. The monoisotopic (exact) mass is 358 g/mol. The molecule has 0 heterocycles. The highest BCUT2D eigenvalue weighted by Gasteiger charge is 2.11. The maximum absolute atomic E-state index is 7.55. The van der Waals surface area contributed by atoms with Crippen LogP contribution in [-0.4, -0.2) is 5.84 Å². The van der Waals surface area contributed by atoms with Crippen LogP contribution in [0.3, 0.4) is 0 Å². The molecule has 98 valence electrons. The Hall–Kier alpha value is -1.23. The number of nitrogens with one attached hydrogen (secondary N) is 1. The van der Waals surface area contributed by atoms with E-state index in [0.29, 0.717) is 27.1 Å². The van der Waals surface area contributed by atoms with Crippen molar-refractivity contribution >= 4 is 45.0 Å². The third-order valence-electron chi connectivity index (χ3n) is 2.34. The first-order chi connectivity index (χ1) is 8.97. The third-order valence-corrected chi connectivity index (χ3v) is 3.39. The Balaban J connectivity index is 2.43. The highest BCUT2D eigenvalue weighted by Crippen LogP contribution is 2.34. The second-order valence-electron chi connectivity index (χ2n) is 3.73. The van der Waals surface area contributed by atoms with Gasteiger partial charge in [0.1, 0.15) is 17.3 Å². The summed E-state index contributed by atoms with van der Waals surface area (Å²) in [5.74, 6) is 0.772. The number of rotatable bonds is 3. The van der Waals surface area contributed by atoms with Gasteiger partial charge in [-0.2, -0.15) is 0 Å². The van der Waals surface area contributed by atoms with Crippen LogP contribution >= 0.6 is 39.1 Å². The van der Waals surface area contributed by atoms with Crippen LogP contribution in [-0.2, 0) is 0 Å². The molecule has 3 N–H and O–H groups in total. The molecule has 0 saturated heterocycles. The van der Waals surface area contributed by atoms with E-state index >= 15 is 0 Å². The van der Waals surface area contributed by atoms with Gasteiger partial charge in [-0.25, -0.2) is 0 Å². The summed E-state index contributed by atoms with van der Waals surface area (Å²) in [6, 6.07) is 10.1. The van der Waals surface area contributed by atoms with Crippen molar-refractivity contribution in [3.63, 3.8) is 0 Å². The van der Waals surface area contributed by atoms with Crippen LogP contribution in [0.4, 0.5) is 0 Å². The van der Waals surface area contributed by atoms with Crippen LogP contribution in [0.25, 0.3) is 0 Å². The first-order valence-corrected chi connectivity index (χ1v) is 6.79. The van der Waals surface area contributed by atoms with Gasteiger partial charge in [0, 0.05) is 15.6 Å². The first-order valence-electron chi connectivity index (χ1n) is 5.24. The van der Waals surface area contributed by atoms with E-state index in [9.17, 15) is 0 Å². The molecule has 0 radical (unpaired) electrons. The van der Waals surface area contributed by atoms with Gasteiger partial charge in [-0.05, 0) is 30.3 Å². The van der Waals surface area contributed by atoms with Crippen LogP contribution in [0.2, 0.25) is 10.0 Å². The number of benzene rings is 2. The fourth-order valence-corrected chi connectivity index (χ4v) is 2.15. The van der Waals surface area contributed by atoms with Crippen LogP contribution in [0.15, 0.2) is 40.9 Å². The predicted octanol–water partition coefficient (Wildman–Crippen LogP) is 4.83.